The Morgan fingerprint density at radius 1 is 1.09 bits per heavy atom. The second-order valence-electron chi connectivity index (χ2n) is 6.37. The lowest BCUT2D eigenvalue weighted by molar-refractivity contribution is 0.763. The van der Waals surface area contributed by atoms with Gasteiger partial charge in [-0.25, -0.2) is 4.98 Å². The third-order valence-electron chi connectivity index (χ3n) is 4.95. The molecule has 0 aliphatic heterocycles. The van der Waals surface area contributed by atoms with E-state index >= 15 is 0 Å². The SMILES string of the molecule is CC1C2CC=CC=C(c3cc(N)cc(-c4ccccc4)n3)C12. The summed E-state index contributed by atoms with van der Waals surface area (Å²) in [5.74, 6) is 2.15. The van der Waals surface area contributed by atoms with E-state index < -0.39 is 0 Å². The van der Waals surface area contributed by atoms with Crippen LogP contribution < -0.4 is 5.73 Å². The number of hydrogen-bond acceptors (Lipinski definition) is 2. The maximum absolute atomic E-state index is 6.15. The van der Waals surface area contributed by atoms with Crippen LogP contribution in [0.2, 0.25) is 0 Å². The van der Waals surface area contributed by atoms with Crippen molar-refractivity contribution in [3.8, 4) is 11.3 Å². The number of nitrogen functional groups attached to an aromatic ring is 1. The van der Waals surface area contributed by atoms with Crippen LogP contribution in [0.15, 0.2) is 60.7 Å². The number of pyridine rings is 1. The highest BCUT2D eigenvalue weighted by Gasteiger charge is 2.48. The van der Waals surface area contributed by atoms with Crippen LogP contribution in [0.5, 0.6) is 0 Å². The highest BCUT2D eigenvalue weighted by molar-refractivity contribution is 5.75. The molecule has 0 radical (unpaired) electrons. The third-order valence-corrected chi connectivity index (χ3v) is 4.95. The Kier molecular flexibility index (Phi) is 3.11. The van der Waals surface area contributed by atoms with Crippen LogP contribution in [-0.4, -0.2) is 4.98 Å². The van der Waals surface area contributed by atoms with Crippen molar-refractivity contribution in [1.29, 1.82) is 0 Å². The average molecular weight is 288 g/mol. The zero-order valence-electron chi connectivity index (χ0n) is 12.7. The van der Waals surface area contributed by atoms with Gasteiger partial charge in [-0.15, -0.1) is 0 Å². The molecule has 22 heavy (non-hydrogen) atoms. The van der Waals surface area contributed by atoms with Crippen molar-refractivity contribution in [2.45, 2.75) is 13.3 Å². The van der Waals surface area contributed by atoms with Crippen LogP contribution in [0.4, 0.5) is 5.69 Å². The van der Waals surface area contributed by atoms with E-state index in [4.69, 9.17) is 10.7 Å². The highest BCUT2D eigenvalue weighted by atomic mass is 14.7. The van der Waals surface area contributed by atoms with Gasteiger partial charge in [0.1, 0.15) is 0 Å². The van der Waals surface area contributed by atoms with Crippen molar-refractivity contribution in [2.24, 2.45) is 17.8 Å². The first-order valence-electron chi connectivity index (χ1n) is 7.94. The van der Waals surface area contributed by atoms with E-state index in [0.717, 1.165) is 34.5 Å². The van der Waals surface area contributed by atoms with Crippen LogP contribution in [-0.2, 0) is 0 Å². The van der Waals surface area contributed by atoms with Gasteiger partial charge in [-0.2, -0.15) is 0 Å². The van der Waals surface area contributed by atoms with Gasteiger partial charge in [0.05, 0.1) is 11.4 Å². The third kappa shape index (κ3) is 2.25. The fourth-order valence-corrected chi connectivity index (χ4v) is 3.65. The Morgan fingerprint density at radius 3 is 2.68 bits per heavy atom. The zero-order chi connectivity index (χ0) is 15.1. The lowest BCUT2D eigenvalue weighted by atomic mass is 10.0. The van der Waals surface area contributed by atoms with Gasteiger partial charge >= 0.3 is 0 Å². The maximum Gasteiger partial charge on any atom is 0.0729 e. The van der Waals surface area contributed by atoms with E-state index in [1.54, 1.807) is 0 Å². The molecule has 2 heteroatoms. The molecule has 110 valence electrons. The van der Waals surface area contributed by atoms with Crippen LogP contribution >= 0.6 is 0 Å². The van der Waals surface area contributed by atoms with Gasteiger partial charge in [0, 0.05) is 11.3 Å². The Balaban J connectivity index is 1.78. The molecule has 2 aliphatic rings. The summed E-state index contributed by atoms with van der Waals surface area (Å²) in [6.45, 7) is 2.34. The van der Waals surface area contributed by atoms with Crippen molar-refractivity contribution < 1.29 is 0 Å². The smallest absolute Gasteiger partial charge is 0.0729 e. The summed E-state index contributed by atoms with van der Waals surface area (Å²) >= 11 is 0. The topological polar surface area (TPSA) is 38.9 Å². The number of fused-ring (bicyclic) bond motifs is 1. The molecule has 0 saturated heterocycles. The molecular formula is C20H20N2. The van der Waals surface area contributed by atoms with E-state index in [2.05, 4.69) is 37.3 Å². The number of nitrogens with two attached hydrogens (primary N) is 1. The minimum Gasteiger partial charge on any atom is -0.399 e. The Labute approximate surface area is 131 Å². The second-order valence-corrected chi connectivity index (χ2v) is 6.37. The molecule has 2 aliphatic carbocycles. The Morgan fingerprint density at radius 2 is 1.86 bits per heavy atom. The molecule has 4 rings (SSSR count). The first kappa shape index (κ1) is 13.3. The fraction of sp³-hybridized carbons (Fsp3) is 0.250. The summed E-state index contributed by atoms with van der Waals surface area (Å²) < 4.78 is 0. The van der Waals surface area contributed by atoms with Gasteiger partial charge in [-0.3, -0.25) is 0 Å². The number of anilines is 1. The predicted molar refractivity (Wildman–Crippen MR) is 92.0 cm³/mol. The second kappa shape index (κ2) is 5.13. The Bertz CT molecular complexity index is 759. The van der Waals surface area contributed by atoms with E-state index in [1.165, 1.54) is 12.0 Å². The summed E-state index contributed by atoms with van der Waals surface area (Å²) in [4.78, 5) is 4.90. The molecule has 1 aromatic carbocycles. The fourth-order valence-electron chi connectivity index (χ4n) is 3.65. The molecule has 0 bridgehead atoms. The van der Waals surface area contributed by atoms with Crippen LogP contribution in [0, 0.1) is 17.8 Å². The molecule has 1 saturated carbocycles. The van der Waals surface area contributed by atoms with Gasteiger partial charge < -0.3 is 5.73 Å². The minimum atomic E-state index is 0.632. The first-order valence-corrected chi connectivity index (χ1v) is 7.94. The summed E-state index contributed by atoms with van der Waals surface area (Å²) in [6, 6.07) is 14.2. The Hall–Kier alpha value is -2.35. The number of aromatic nitrogens is 1. The lowest BCUT2D eigenvalue weighted by Gasteiger charge is -2.10. The number of allylic oxidation sites excluding steroid dienone is 4. The standard InChI is InChI=1S/C20H20N2/c1-13-16-9-5-6-10-17(20(13)16)19-12-15(21)11-18(22-19)14-7-3-2-4-8-14/h2-8,10-13,16,20H,9H2,1H3,(H2,21,22). The molecule has 0 amide bonds. The first-order chi connectivity index (χ1) is 10.7. The van der Waals surface area contributed by atoms with Crippen LogP contribution in [0.1, 0.15) is 19.0 Å². The molecule has 2 N–H and O–H groups in total. The van der Waals surface area contributed by atoms with Gasteiger partial charge in [-0.05, 0) is 41.9 Å². The van der Waals surface area contributed by atoms with E-state index in [0.29, 0.717) is 5.92 Å². The van der Waals surface area contributed by atoms with Crippen molar-refractivity contribution in [2.75, 3.05) is 5.73 Å². The van der Waals surface area contributed by atoms with Gasteiger partial charge in [-0.1, -0.05) is 55.5 Å². The maximum atomic E-state index is 6.15. The van der Waals surface area contributed by atoms with Crippen LogP contribution in [0.25, 0.3) is 16.8 Å². The normalized spacial score (nSPS) is 26.0. The van der Waals surface area contributed by atoms with Gasteiger partial charge in [0.15, 0.2) is 0 Å². The minimum absolute atomic E-state index is 0.632. The summed E-state index contributed by atoms with van der Waals surface area (Å²) in [5, 5.41) is 0. The van der Waals surface area contributed by atoms with Crippen LogP contribution in [0.3, 0.4) is 0 Å². The van der Waals surface area contributed by atoms with Crippen molar-refractivity contribution in [3.05, 3.63) is 66.4 Å². The van der Waals surface area contributed by atoms with Gasteiger partial charge in [0.2, 0.25) is 0 Å². The molecule has 0 spiro atoms. The number of rotatable bonds is 2. The predicted octanol–water partition coefficient (Wildman–Crippen LogP) is 4.56. The van der Waals surface area contributed by atoms with Crippen molar-refractivity contribution in [3.63, 3.8) is 0 Å². The number of hydrogen-bond donors (Lipinski definition) is 1. The monoisotopic (exact) mass is 288 g/mol. The van der Waals surface area contributed by atoms with E-state index in [9.17, 15) is 0 Å². The zero-order valence-corrected chi connectivity index (χ0v) is 12.7. The van der Waals surface area contributed by atoms with Gasteiger partial charge in [0.25, 0.3) is 0 Å². The average Bonchev–Trinajstić information content (AvgIpc) is 3.23. The number of benzene rings is 1. The summed E-state index contributed by atoms with van der Waals surface area (Å²) in [7, 11) is 0. The van der Waals surface area contributed by atoms with Crippen molar-refractivity contribution in [1.82, 2.24) is 4.98 Å². The molecule has 2 aromatic rings. The van der Waals surface area contributed by atoms with E-state index in [1.807, 2.05) is 30.3 Å². The molecule has 3 atom stereocenters. The molecule has 1 fully saturated rings. The summed E-state index contributed by atoms with van der Waals surface area (Å²) in [6.07, 6.45) is 7.85. The number of nitrogens with zero attached hydrogens (tertiary/aromatic N) is 1. The van der Waals surface area contributed by atoms with E-state index in [-0.39, 0.29) is 0 Å². The molecule has 1 heterocycles. The summed E-state index contributed by atoms with van der Waals surface area (Å²) in [5.41, 5.74) is 11.4. The van der Waals surface area contributed by atoms with Crippen molar-refractivity contribution >= 4 is 11.3 Å². The molecular weight excluding hydrogens is 268 g/mol. The largest absolute Gasteiger partial charge is 0.399 e. The quantitative estimate of drug-likeness (QED) is 0.880. The molecule has 2 nitrogen and oxygen atoms in total. The lowest BCUT2D eigenvalue weighted by Crippen LogP contribution is -1.98. The highest BCUT2D eigenvalue weighted by Crippen LogP contribution is 2.56. The molecule has 3 unspecified atom stereocenters. The molecule has 1 aromatic heterocycles.